The Labute approximate surface area is 157 Å². The predicted molar refractivity (Wildman–Crippen MR) is 103 cm³/mol. The zero-order valence-electron chi connectivity index (χ0n) is 15.2. The summed E-state index contributed by atoms with van der Waals surface area (Å²) in [6.07, 6.45) is 3.46. The monoisotopic (exact) mass is 376 g/mol. The number of benzene rings is 1. The van der Waals surface area contributed by atoms with Gasteiger partial charge in [-0.3, -0.25) is 4.79 Å². The molecule has 2 aromatic rings. The average Bonchev–Trinajstić information content (AvgIpc) is 3.11. The molecule has 1 N–H and O–H groups in total. The Morgan fingerprint density at radius 3 is 2.62 bits per heavy atom. The van der Waals surface area contributed by atoms with Crippen molar-refractivity contribution in [1.82, 2.24) is 10.2 Å². The number of para-hydroxylation sites is 1. The molecule has 1 aromatic carbocycles. The Kier molecular flexibility index (Phi) is 6.19. The van der Waals surface area contributed by atoms with E-state index < -0.39 is 0 Å². The van der Waals surface area contributed by atoms with E-state index in [0.29, 0.717) is 42.7 Å². The molecular weight excluding hydrogens is 351 g/mol. The molecular formula is C19H25FN4OS. The van der Waals surface area contributed by atoms with Gasteiger partial charge in [0.25, 0.3) is 0 Å². The van der Waals surface area contributed by atoms with Crippen LogP contribution in [0.5, 0.6) is 0 Å². The maximum atomic E-state index is 13.9. The van der Waals surface area contributed by atoms with E-state index in [1.807, 2.05) is 11.0 Å². The molecule has 1 aromatic heterocycles. The van der Waals surface area contributed by atoms with E-state index in [1.54, 1.807) is 12.1 Å². The summed E-state index contributed by atoms with van der Waals surface area (Å²) >= 11 is 1.47. The first-order valence-corrected chi connectivity index (χ1v) is 10.1. The van der Waals surface area contributed by atoms with Crippen LogP contribution in [0.2, 0.25) is 0 Å². The highest BCUT2D eigenvalue weighted by Crippen LogP contribution is 2.29. The van der Waals surface area contributed by atoms with Crippen molar-refractivity contribution in [2.24, 2.45) is 5.92 Å². The fraction of sp³-hybridized carbons (Fsp3) is 0.526. The van der Waals surface area contributed by atoms with Gasteiger partial charge in [0, 0.05) is 24.9 Å². The van der Waals surface area contributed by atoms with Crippen molar-refractivity contribution in [1.29, 1.82) is 0 Å². The number of carbonyl (C=O) groups is 1. The number of hydrogen-bond donors (Lipinski definition) is 1. The zero-order valence-corrected chi connectivity index (χ0v) is 16.1. The van der Waals surface area contributed by atoms with E-state index in [1.165, 1.54) is 17.4 Å². The van der Waals surface area contributed by atoms with Crippen molar-refractivity contribution >= 4 is 28.1 Å². The van der Waals surface area contributed by atoms with E-state index >= 15 is 0 Å². The van der Waals surface area contributed by atoms with E-state index in [0.717, 1.165) is 17.8 Å². The molecule has 7 heteroatoms. The van der Waals surface area contributed by atoms with Gasteiger partial charge in [-0.2, -0.15) is 0 Å². The van der Waals surface area contributed by atoms with Gasteiger partial charge in [0.1, 0.15) is 10.8 Å². The van der Waals surface area contributed by atoms with Crippen molar-refractivity contribution in [3.05, 3.63) is 35.1 Å². The molecule has 0 radical (unpaired) electrons. The first kappa shape index (κ1) is 18.8. The van der Waals surface area contributed by atoms with Gasteiger partial charge in [0.15, 0.2) is 0 Å². The number of carbonyl (C=O) groups excluding carboxylic acids is 1. The molecule has 0 unspecified atom stereocenters. The summed E-state index contributed by atoms with van der Waals surface area (Å²) in [5.74, 6) is 0.115. The third-order valence-electron chi connectivity index (χ3n) is 5.06. The molecule has 140 valence electrons. The van der Waals surface area contributed by atoms with Crippen molar-refractivity contribution in [3.63, 3.8) is 0 Å². The largest absolute Gasteiger partial charge is 0.369 e. The van der Waals surface area contributed by atoms with Gasteiger partial charge in [-0.25, -0.2) is 4.39 Å². The Morgan fingerprint density at radius 2 is 1.96 bits per heavy atom. The van der Waals surface area contributed by atoms with Crippen LogP contribution in [0.15, 0.2) is 24.3 Å². The van der Waals surface area contributed by atoms with Gasteiger partial charge in [-0.1, -0.05) is 37.3 Å². The highest BCUT2D eigenvalue weighted by Gasteiger charge is 2.27. The fourth-order valence-corrected chi connectivity index (χ4v) is 4.40. The molecule has 1 saturated heterocycles. The lowest BCUT2D eigenvalue weighted by atomic mass is 9.95. The van der Waals surface area contributed by atoms with Crippen LogP contribution in [0.1, 0.15) is 50.5 Å². The van der Waals surface area contributed by atoms with E-state index in [2.05, 4.69) is 29.4 Å². The maximum Gasteiger partial charge on any atom is 0.229 e. The predicted octanol–water partition coefficient (Wildman–Crippen LogP) is 4.44. The topological polar surface area (TPSA) is 58.1 Å². The van der Waals surface area contributed by atoms with Gasteiger partial charge < -0.3 is 10.2 Å². The Morgan fingerprint density at radius 1 is 1.27 bits per heavy atom. The number of anilines is 2. The lowest BCUT2D eigenvalue weighted by Gasteiger charge is -2.33. The van der Waals surface area contributed by atoms with Crippen LogP contribution >= 0.6 is 11.3 Å². The van der Waals surface area contributed by atoms with E-state index in [-0.39, 0.29) is 17.6 Å². The number of rotatable bonds is 6. The number of amides is 1. The summed E-state index contributed by atoms with van der Waals surface area (Å²) in [7, 11) is 0. The minimum absolute atomic E-state index is 0.00886. The molecule has 0 atom stereocenters. The lowest BCUT2D eigenvalue weighted by Crippen LogP contribution is -2.38. The second-order valence-corrected chi connectivity index (χ2v) is 7.67. The fourth-order valence-electron chi connectivity index (χ4n) is 3.39. The second kappa shape index (κ2) is 8.58. The van der Waals surface area contributed by atoms with Crippen LogP contribution in [-0.4, -0.2) is 29.2 Å². The molecule has 0 bridgehead atoms. The second-order valence-electron chi connectivity index (χ2n) is 6.66. The number of piperidine rings is 1. The molecule has 1 aliphatic rings. The molecule has 0 aliphatic carbocycles. The van der Waals surface area contributed by atoms with Gasteiger partial charge in [-0.15, -0.1) is 10.2 Å². The first-order chi connectivity index (χ1) is 12.6. The van der Waals surface area contributed by atoms with Gasteiger partial charge in [-0.05, 0) is 37.8 Å². The highest BCUT2D eigenvalue weighted by atomic mass is 32.1. The summed E-state index contributed by atoms with van der Waals surface area (Å²) in [6.45, 7) is 5.62. The molecule has 3 rings (SSSR count). The molecule has 2 heterocycles. The minimum atomic E-state index is -0.210. The Bertz CT molecular complexity index is 739. The van der Waals surface area contributed by atoms with Crippen molar-refractivity contribution < 1.29 is 9.18 Å². The first-order valence-electron chi connectivity index (χ1n) is 9.26. The molecule has 1 amide bonds. The summed E-state index contributed by atoms with van der Waals surface area (Å²) < 4.78 is 13.9. The number of hydrogen-bond acceptors (Lipinski definition) is 5. The summed E-state index contributed by atoms with van der Waals surface area (Å²) in [5, 5.41) is 12.8. The molecule has 0 saturated carbocycles. The molecule has 1 fully saturated rings. The normalized spacial score (nSPS) is 15.5. The van der Waals surface area contributed by atoms with Crippen LogP contribution < -0.4 is 10.2 Å². The number of halogens is 1. The van der Waals surface area contributed by atoms with E-state index in [4.69, 9.17) is 0 Å². The van der Waals surface area contributed by atoms with Crippen molar-refractivity contribution in [2.75, 3.05) is 23.3 Å². The Hall–Kier alpha value is -2.02. The number of aromatic nitrogens is 2. The van der Waals surface area contributed by atoms with Gasteiger partial charge in [0.2, 0.25) is 11.0 Å². The zero-order chi connectivity index (χ0) is 18.5. The van der Waals surface area contributed by atoms with Crippen molar-refractivity contribution in [3.8, 4) is 0 Å². The minimum Gasteiger partial charge on any atom is -0.369 e. The highest BCUT2D eigenvalue weighted by molar-refractivity contribution is 7.15. The molecule has 5 nitrogen and oxygen atoms in total. The summed E-state index contributed by atoms with van der Waals surface area (Å²) in [4.78, 5) is 14.5. The average molecular weight is 377 g/mol. The standard InChI is InChI=1S/C19H25FN4OS/c1-3-13(4-2)18-22-23-19(26-18)21-17(25)14-9-11-24(12-10-14)16-8-6-5-7-15(16)20/h5-8,13-14H,3-4,9-12H2,1-2H3,(H,21,23,25). The SMILES string of the molecule is CCC(CC)c1nnc(NC(=O)C2CCN(c3ccccc3F)CC2)s1. The van der Waals surface area contributed by atoms with E-state index in [9.17, 15) is 9.18 Å². The van der Waals surface area contributed by atoms with Crippen LogP contribution in [0.25, 0.3) is 0 Å². The molecule has 1 aliphatic heterocycles. The van der Waals surface area contributed by atoms with Gasteiger partial charge >= 0.3 is 0 Å². The third kappa shape index (κ3) is 4.20. The smallest absolute Gasteiger partial charge is 0.229 e. The Balaban J connectivity index is 1.55. The molecule has 26 heavy (non-hydrogen) atoms. The molecule has 0 spiro atoms. The van der Waals surface area contributed by atoms with Crippen LogP contribution in [0.4, 0.5) is 15.2 Å². The third-order valence-corrected chi connectivity index (χ3v) is 6.07. The lowest BCUT2D eigenvalue weighted by molar-refractivity contribution is -0.120. The number of nitrogens with zero attached hydrogens (tertiary/aromatic N) is 3. The van der Waals surface area contributed by atoms with Crippen LogP contribution in [0, 0.1) is 11.7 Å². The quantitative estimate of drug-likeness (QED) is 0.810. The summed E-state index contributed by atoms with van der Waals surface area (Å²) in [5.41, 5.74) is 0.616. The van der Waals surface area contributed by atoms with Crippen LogP contribution in [-0.2, 0) is 4.79 Å². The summed E-state index contributed by atoms with van der Waals surface area (Å²) in [6, 6.07) is 6.79. The van der Waals surface area contributed by atoms with Crippen LogP contribution in [0.3, 0.4) is 0 Å². The van der Waals surface area contributed by atoms with Gasteiger partial charge in [0.05, 0.1) is 5.69 Å². The van der Waals surface area contributed by atoms with Crippen molar-refractivity contribution in [2.45, 2.75) is 45.4 Å². The number of nitrogens with one attached hydrogen (secondary N) is 1. The maximum absolute atomic E-state index is 13.9.